The molecule has 1 aliphatic heterocycles. The fourth-order valence-corrected chi connectivity index (χ4v) is 2.88. The summed E-state index contributed by atoms with van der Waals surface area (Å²) in [6, 6.07) is 4.72. The Labute approximate surface area is 130 Å². The van der Waals surface area contributed by atoms with Crippen molar-refractivity contribution in [3.63, 3.8) is 0 Å². The van der Waals surface area contributed by atoms with Gasteiger partial charge in [-0.1, -0.05) is 13.0 Å². The first-order chi connectivity index (χ1) is 9.87. The number of likely N-dealkylation sites (N-methyl/N-ethyl adjacent to an activating group) is 1. The Hall–Kier alpha value is -0.790. The molecule has 3 nitrogen and oxygen atoms in total. The number of ether oxygens (including phenoxy) is 1. The van der Waals surface area contributed by atoms with Gasteiger partial charge in [0.25, 0.3) is 0 Å². The Morgan fingerprint density at radius 3 is 2.29 bits per heavy atom. The van der Waals surface area contributed by atoms with Crippen LogP contribution in [0.5, 0.6) is 5.75 Å². The van der Waals surface area contributed by atoms with Gasteiger partial charge in [0.15, 0.2) is 0 Å². The van der Waals surface area contributed by atoms with E-state index in [0.717, 1.165) is 44.8 Å². The van der Waals surface area contributed by atoms with Gasteiger partial charge < -0.3 is 9.64 Å². The molecule has 7 heteroatoms. The monoisotopic (exact) mass is 366 g/mol. The van der Waals surface area contributed by atoms with E-state index in [9.17, 15) is 13.2 Å². The Morgan fingerprint density at radius 1 is 1.14 bits per heavy atom. The van der Waals surface area contributed by atoms with Gasteiger partial charge in [-0.25, -0.2) is 0 Å². The predicted octanol–water partition coefficient (Wildman–Crippen LogP) is 3.49. The van der Waals surface area contributed by atoms with Crippen molar-refractivity contribution in [2.75, 3.05) is 32.7 Å². The maximum atomic E-state index is 12.2. The summed E-state index contributed by atoms with van der Waals surface area (Å²) in [6.45, 7) is 7.97. The third-order valence-electron chi connectivity index (χ3n) is 3.54. The van der Waals surface area contributed by atoms with E-state index in [1.54, 1.807) is 12.1 Å². The van der Waals surface area contributed by atoms with Crippen LogP contribution in [0, 0.1) is 0 Å². The molecule has 0 bridgehead atoms. The highest BCUT2D eigenvalue weighted by Gasteiger charge is 2.32. The summed E-state index contributed by atoms with van der Waals surface area (Å²) < 4.78 is 40.9. The largest absolute Gasteiger partial charge is 0.573 e. The van der Waals surface area contributed by atoms with Gasteiger partial charge in [-0.2, -0.15) is 0 Å². The van der Waals surface area contributed by atoms with Crippen molar-refractivity contribution < 1.29 is 17.9 Å². The summed E-state index contributed by atoms with van der Waals surface area (Å²) in [5.41, 5.74) is 0.973. The first kappa shape index (κ1) is 16.6. The Kier molecular flexibility index (Phi) is 5.51. The highest BCUT2D eigenvalue weighted by Crippen LogP contribution is 2.31. The van der Waals surface area contributed by atoms with Gasteiger partial charge in [0.05, 0.1) is 4.47 Å². The molecule has 0 atom stereocenters. The van der Waals surface area contributed by atoms with Crippen LogP contribution in [-0.2, 0) is 6.54 Å². The first-order valence-corrected chi connectivity index (χ1v) is 7.65. The minimum atomic E-state index is -4.67. The van der Waals surface area contributed by atoms with Crippen LogP contribution in [0.1, 0.15) is 12.5 Å². The van der Waals surface area contributed by atoms with Crippen molar-refractivity contribution >= 4 is 15.9 Å². The minimum Gasteiger partial charge on any atom is -0.405 e. The highest BCUT2D eigenvalue weighted by molar-refractivity contribution is 9.10. The number of hydrogen-bond donors (Lipinski definition) is 0. The molecular weight excluding hydrogens is 349 g/mol. The van der Waals surface area contributed by atoms with Gasteiger partial charge in [-0.3, -0.25) is 4.90 Å². The lowest BCUT2D eigenvalue weighted by Crippen LogP contribution is -2.45. The van der Waals surface area contributed by atoms with E-state index in [0.29, 0.717) is 4.47 Å². The van der Waals surface area contributed by atoms with Gasteiger partial charge in [0, 0.05) is 32.7 Å². The van der Waals surface area contributed by atoms with Crippen LogP contribution >= 0.6 is 15.9 Å². The molecule has 0 unspecified atom stereocenters. The summed E-state index contributed by atoms with van der Waals surface area (Å²) in [7, 11) is 0. The van der Waals surface area contributed by atoms with Crippen LogP contribution in [-0.4, -0.2) is 48.9 Å². The molecule has 1 saturated heterocycles. The summed E-state index contributed by atoms with van der Waals surface area (Å²) in [4.78, 5) is 4.69. The van der Waals surface area contributed by atoms with E-state index in [1.165, 1.54) is 6.07 Å². The third kappa shape index (κ3) is 5.16. The zero-order chi connectivity index (χ0) is 15.5. The van der Waals surface area contributed by atoms with E-state index in [4.69, 9.17) is 0 Å². The average Bonchev–Trinajstić information content (AvgIpc) is 2.41. The lowest BCUT2D eigenvalue weighted by Gasteiger charge is -2.34. The second kappa shape index (κ2) is 6.98. The van der Waals surface area contributed by atoms with Gasteiger partial charge >= 0.3 is 6.36 Å². The molecule has 0 spiro atoms. The molecular formula is C14H18BrF3N2O. The number of benzene rings is 1. The van der Waals surface area contributed by atoms with E-state index < -0.39 is 6.36 Å². The van der Waals surface area contributed by atoms with Crippen molar-refractivity contribution in [1.82, 2.24) is 9.80 Å². The number of alkyl halides is 3. The van der Waals surface area contributed by atoms with Gasteiger partial charge in [0.2, 0.25) is 0 Å². The zero-order valence-electron chi connectivity index (χ0n) is 11.8. The molecule has 0 amide bonds. The lowest BCUT2D eigenvalue weighted by molar-refractivity contribution is -0.274. The molecule has 1 heterocycles. The Balaban J connectivity index is 1.94. The maximum absolute atomic E-state index is 12.2. The van der Waals surface area contributed by atoms with E-state index >= 15 is 0 Å². The standard InChI is InChI=1S/C14H18BrF3N2O/c1-2-19-5-7-20(8-6-19)10-11-3-4-13(12(15)9-11)21-14(16,17)18/h3-4,9H,2,5-8,10H2,1H3. The fourth-order valence-electron chi connectivity index (χ4n) is 2.37. The molecule has 1 aliphatic rings. The van der Waals surface area contributed by atoms with Crippen LogP contribution in [0.2, 0.25) is 0 Å². The normalized spacial score (nSPS) is 18.0. The van der Waals surface area contributed by atoms with Crippen LogP contribution < -0.4 is 4.74 Å². The Bertz CT molecular complexity index is 474. The molecule has 0 radical (unpaired) electrons. The van der Waals surface area contributed by atoms with Gasteiger partial charge in [-0.05, 0) is 40.2 Å². The smallest absolute Gasteiger partial charge is 0.405 e. The lowest BCUT2D eigenvalue weighted by atomic mass is 10.2. The number of nitrogens with zero attached hydrogens (tertiary/aromatic N) is 2. The molecule has 21 heavy (non-hydrogen) atoms. The minimum absolute atomic E-state index is 0.206. The fraction of sp³-hybridized carbons (Fsp3) is 0.571. The maximum Gasteiger partial charge on any atom is 0.573 e. The summed E-state index contributed by atoms with van der Waals surface area (Å²) >= 11 is 3.13. The van der Waals surface area contributed by atoms with Crippen LogP contribution in [0.25, 0.3) is 0 Å². The molecule has 0 N–H and O–H groups in total. The predicted molar refractivity (Wildman–Crippen MR) is 78.2 cm³/mol. The molecule has 2 rings (SSSR count). The third-order valence-corrected chi connectivity index (χ3v) is 4.16. The number of piperazine rings is 1. The summed E-state index contributed by atoms with van der Waals surface area (Å²) in [5.74, 6) is -0.206. The molecule has 1 aromatic rings. The van der Waals surface area contributed by atoms with E-state index in [-0.39, 0.29) is 5.75 Å². The van der Waals surface area contributed by atoms with E-state index in [1.807, 2.05) is 0 Å². The second-order valence-electron chi connectivity index (χ2n) is 5.02. The SMILES string of the molecule is CCN1CCN(Cc2ccc(OC(F)(F)F)c(Br)c2)CC1. The van der Waals surface area contributed by atoms with Crippen LogP contribution in [0.3, 0.4) is 0 Å². The first-order valence-electron chi connectivity index (χ1n) is 6.86. The summed E-state index contributed by atoms with van der Waals surface area (Å²) in [6.07, 6.45) is -4.67. The van der Waals surface area contributed by atoms with E-state index in [2.05, 4.69) is 37.4 Å². The number of hydrogen-bond acceptors (Lipinski definition) is 3. The number of rotatable bonds is 4. The molecule has 0 aliphatic carbocycles. The average molecular weight is 367 g/mol. The molecule has 0 saturated carbocycles. The van der Waals surface area contributed by atoms with Crippen molar-refractivity contribution in [2.45, 2.75) is 19.8 Å². The summed E-state index contributed by atoms with van der Waals surface area (Å²) in [5, 5.41) is 0. The molecule has 0 aromatic heterocycles. The second-order valence-corrected chi connectivity index (χ2v) is 5.88. The Morgan fingerprint density at radius 2 is 1.76 bits per heavy atom. The van der Waals surface area contributed by atoms with Crippen LogP contribution in [0.15, 0.2) is 22.7 Å². The zero-order valence-corrected chi connectivity index (χ0v) is 13.4. The van der Waals surface area contributed by atoms with Crippen molar-refractivity contribution in [1.29, 1.82) is 0 Å². The number of halogens is 4. The van der Waals surface area contributed by atoms with Crippen molar-refractivity contribution in [2.24, 2.45) is 0 Å². The quantitative estimate of drug-likeness (QED) is 0.811. The topological polar surface area (TPSA) is 15.7 Å². The van der Waals surface area contributed by atoms with Crippen molar-refractivity contribution in [3.05, 3.63) is 28.2 Å². The highest BCUT2D eigenvalue weighted by atomic mass is 79.9. The molecule has 118 valence electrons. The van der Waals surface area contributed by atoms with Crippen LogP contribution in [0.4, 0.5) is 13.2 Å². The van der Waals surface area contributed by atoms with Crippen molar-refractivity contribution in [3.8, 4) is 5.75 Å². The van der Waals surface area contributed by atoms with Gasteiger partial charge in [-0.15, -0.1) is 13.2 Å². The molecule has 1 aromatic carbocycles. The molecule has 1 fully saturated rings. The van der Waals surface area contributed by atoms with Gasteiger partial charge in [0.1, 0.15) is 5.75 Å².